The molecule has 18 heavy (non-hydrogen) atoms. The topological polar surface area (TPSA) is 12.0 Å². The first-order valence-corrected chi connectivity index (χ1v) is 7.19. The Hall–Kier alpha value is -1.19. The van der Waals surface area contributed by atoms with Crippen LogP contribution in [0.3, 0.4) is 0 Å². The van der Waals surface area contributed by atoms with Crippen molar-refractivity contribution >= 4 is 11.3 Å². The predicted octanol–water partition coefficient (Wildman–Crippen LogP) is 3.67. The first-order chi connectivity index (χ1) is 8.83. The molecule has 1 heterocycles. The smallest absolute Gasteiger partial charge is 0.127 e. The summed E-state index contributed by atoms with van der Waals surface area (Å²) >= 11 is 1.91. The van der Waals surface area contributed by atoms with Crippen LogP contribution < -0.4 is 5.32 Å². The van der Waals surface area contributed by atoms with Crippen molar-refractivity contribution in [2.24, 2.45) is 0 Å². The Labute approximate surface area is 111 Å². The summed E-state index contributed by atoms with van der Waals surface area (Å²) in [6.07, 6.45) is 3.79. The van der Waals surface area contributed by atoms with Crippen LogP contribution in [0.4, 0.5) is 4.39 Å². The average Bonchev–Trinajstić information content (AvgIpc) is 2.92. The Bertz CT molecular complexity index is 526. The fraction of sp³-hybridized carbons (Fsp3) is 0.333. The van der Waals surface area contributed by atoms with E-state index >= 15 is 0 Å². The molecule has 1 aliphatic carbocycles. The van der Waals surface area contributed by atoms with E-state index < -0.39 is 0 Å². The van der Waals surface area contributed by atoms with Crippen molar-refractivity contribution in [1.82, 2.24) is 5.32 Å². The van der Waals surface area contributed by atoms with Gasteiger partial charge < -0.3 is 5.32 Å². The molecule has 3 heteroatoms. The molecule has 3 rings (SSSR count). The Morgan fingerprint density at radius 1 is 1.17 bits per heavy atom. The zero-order chi connectivity index (χ0) is 12.4. The maximum absolute atomic E-state index is 13.4. The number of thiophene rings is 1. The summed E-state index contributed by atoms with van der Waals surface area (Å²) in [7, 11) is 0. The number of nitrogens with one attached hydrogen (secondary N) is 1. The fourth-order valence-electron chi connectivity index (χ4n) is 2.44. The first-order valence-electron chi connectivity index (χ1n) is 6.37. The number of rotatable bonds is 4. The molecule has 0 aliphatic heterocycles. The van der Waals surface area contributed by atoms with Gasteiger partial charge in [-0.2, -0.15) is 0 Å². The number of benzene rings is 1. The van der Waals surface area contributed by atoms with Crippen LogP contribution in [0.25, 0.3) is 0 Å². The van der Waals surface area contributed by atoms with Crippen LogP contribution in [0, 0.1) is 5.82 Å². The molecule has 2 aromatic rings. The van der Waals surface area contributed by atoms with E-state index in [0.717, 1.165) is 12.1 Å². The standard InChI is InChI=1S/C15H16FNS/c16-14-6-2-1-4-12(14)9-17-10-13-8-11-5-3-7-15(11)18-13/h1-2,4,6,8,17H,3,5,7,9-10H2. The van der Waals surface area contributed by atoms with E-state index in [-0.39, 0.29) is 5.82 Å². The van der Waals surface area contributed by atoms with Crippen LogP contribution in [-0.2, 0) is 25.9 Å². The Kier molecular flexibility index (Phi) is 3.43. The summed E-state index contributed by atoms with van der Waals surface area (Å²) in [6, 6.07) is 9.25. The van der Waals surface area contributed by atoms with E-state index in [0.29, 0.717) is 6.54 Å². The molecule has 0 atom stereocenters. The lowest BCUT2D eigenvalue weighted by Gasteiger charge is -2.04. The summed E-state index contributed by atoms with van der Waals surface area (Å²) in [6.45, 7) is 1.43. The van der Waals surface area contributed by atoms with Gasteiger partial charge in [-0.3, -0.25) is 0 Å². The minimum Gasteiger partial charge on any atom is -0.308 e. The van der Waals surface area contributed by atoms with Crippen molar-refractivity contribution in [1.29, 1.82) is 0 Å². The molecule has 1 N–H and O–H groups in total. The van der Waals surface area contributed by atoms with Gasteiger partial charge in [0, 0.05) is 28.4 Å². The second-order valence-electron chi connectivity index (χ2n) is 4.71. The average molecular weight is 261 g/mol. The van der Waals surface area contributed by atoms with Crippen LogP contribution in [0.2, 0.25) is 0 Å². The second-order valence-corrected chi connectivity index (χ2v) is 5.93. The molecule has 94 valence electrons. The van der Waals surface area contributed by atoms with Gasteiger partial charge in [0.25, 0.3) is 0 Å². The molecule has 1 aromatic carbocycles. The van der Waals surface area contributed by atoms with Gasteiger partial charge in [-0.05, 0) is 37.0 Å². The van der Waals surface area contributed by atoms with Crippen molar-refractivity contribution < 1.29 is 4.39 Å². The van der Waals surface area contributed by atoms with E-state index in [1.165, 1.54) is 35.8 Å². The molecule has 0 amide bonds. The number of fused-ring (bicyclic) bond motifs is 1. The zero-order valence-electron chi connectivity index (χ0n) is 10.2. The third-order valence-electron chi connectivity index (χ3n) is 3.37. The van der Waals surface area contributed by atoms with Crippen molar-refractivity contribution in [2.45, 2.75) is 32.4 Å². The van der Waals surface area contributed by atoms with Gasteiger partial charge >= 0.3 is 0 Å². The van der Waals surface area contributed by atoms with Crippen LogP contribution in [-0.4, -0.2) is 0 Å². The summed E-state index contributed by atoms with van der Waals surface area (Å²) < 4.78 is 13.4. The molecular weight excluding hydrogens is 245 g/mol. The SMILES string of the molecule is Fc1ccccc1CNCc1cc2c(s1)CCC2. The largest absolute Gasteiger partial charge is 0.308 e. The van der Waals surface area contributed by atoms with Gasteiger partial charge in [0.05, 0.1) is 0 Å². The Morgan fingerprint density at radius 3 is 2.89 bits per heavy atom. The predicted molar refractivity (Wildman–Crippen MR) is 73.3 cm³/mol. The van der Waals surface area contributed by atoms with Crippen molar-refractivity contribution in [3.63, 3.8) is 0 Å². The lowest BCUT2D eigenvalue weighted by Crippen LogP contribution is -2.12. The lowest BCUT2D eigenvalue weighted by molar-refractivity contribution is 0.589. The maximum Gasteiger partial charge on any atom is 0.127 e. The highest BCUT2D eigenvalue weighted by Gasteiger charge is 2.14. The zero-order valence-corrected chi connectivity index (χ0v) is 11.0. The highest BCUT2D eigenvalue weighted by atomic mass is 32.1. The fourth-order valence-corrected chi connectivity index (χ4v) is 3.67. The minimum atomic E-state index is -0.126. The van der Waals surface area contributed by atoms with Crippen LogP contribution in [0.15, 0.2) is 30.3 Å². The number of hydrogen-bond acceptors (Lipinski definition) is 2. The first kappa shape index (κ1) is 11.9. The minimum absolute atomic E-state index is 0.126. The van der Waals surface area contributed by atoms with Gasteiger partial charge in [-0.15, -0.1) is 11.3 Å². The molecular formula is C15H16FNS. The van der Waals surface area contributed by atoms with Gasteiger partial charge in [0.1, 0.15) is 5.82 Å². The molecule has 0 saturated heterocycles. The summed E-state index contributed by atoms with van der Waals surface area (Å²) in [5.41, 5.74) is 2.27. The van der Waals surface area contributed by atoms with Crippen LogP contribution in [0.1, 0.15) is 27.3 Å². The van der Waals surface area contributed by atoms with Gasteiger partial charge in [-0.1, -0.05) is 18.2 Å². The molecule has 1 aromatic heterocycles. The van der Waals surface area contributed by atoms with Gasteiger partial charge in [0.2, 0.25) is 0 Å². The highest BCUT2D eigenvalue weighted by molar-refractivity contribution is 7.12. The van der Waals surface area contributed by atoms with Crippen molar-refractivity contribution in [3.05, 3.63) is 57.0 Å². The number of aryl methyl sites for hydroxylation is 2. The van der Waals surface area contributed by atoms with Gasteiger partial charge in [-0.25, -0.2) is 4.39 Å². The Balaban J connectivity index is 1.57. The Morgan fingerprint density at radius 2 is 2.06 bits per heavy atom. The monoisotopic (exact) mass is 261 g/mol. The molecule has 1 aliphatic rings. The summed E-state index contributed by atoms with van der Waals surface area (Å²) in [5.74, 6) is -0.126. The maximum atomic E-state index is 13.4. The van der Waals surface area contributed by atoms with E-state index in [2.05, 4.69) is 11.4 Å². The van der Waals surface area contributed by atoms with Gasteiger partial charge in [0.15, 0.2) is 0 Å². The quantitative estimate of drug-likeness (QED) is 0.885. The van der Waals surface area contributed by atoms with E-state index in [1.807, 2.05) is 23.5 Å². The van der Waals surface area contributed by atoms with E-state index in [9.17, 15) is 4.39 Å². The number of hydrogen-bond donors (Lipinski definition) is 1. The van der Waals surface area contributed by atoms with E-state index in [4.69, 9.17) is 0 Å². The molecule has 1 nitrogen and oxygen atoms in total. The molecule has 0 spiro atoms. The number of halogens is 1. The third kappa shape index (κ3) is 2.47. The lowest BCUT2D eigenvalue weighted by atomic mass is 10.2. The second kappa shape index (κ2) is 5.21. The summed E-state index contributed by atoms with van der Waals surface area (Å²) in [5, 5.41) is 3.32. The van der Waals surface area contributed by atoms with Crippen molar-refractivity contribution in [3.8, 4) is 0 Å². The van der Waals surface area contributed by atoms with Crippen LogP contribution in [0.5, 0.6) is 0 Å². The molecule has 0 radical (unpaired) electrons. The van der Waals surface area contributed by atoms with E-state index in [1.54, 1.807) is 10.9 Å². The molecule has 0 unspecified atom stereocenters. The molecule has 0 saturated carbocycles. The normalized spacial score (nSPS) is 13.8. The third-order valence-corrected chi connectivity index (χ3v) is 4.61. The molecule has 0 fully saturated rings. The molecule has 0 bridgehead atoms. The van der Waals surface area contributed by atoms with Crippen LogP contribution >= 0.6 is 11.3 Å². The van der Waals surface area contributed by atoms with Crippen molar-refractivity contribution in [2.75, 3.05) is 0 Å². The highest BCUT2D eigenvalue weighted by Crippen LogP contribution is 2.30. The summed E-state index contributed by atoms with van der Waals surface area (Å²) in [4.78, 5) is 2.92.